The van der Waals surface area contributed by atoms with Crippen molar-refractivity contribution in [3.8, 4) is 17.2 Å². The molecule has 2 aliphatic carbocycles. The molecule has 38 heavy (non-hydrogen) atoms. The zero-order valence-corrected chi connectivity index (χ0v) is 24.7. The number of carbonyl (C=O) groups excluding carboxylic acids is 2. The SMILES string of the molecule is CCOC(=O)[C@H]1CCC[C@H](Oc2ccc(-c3onc(C)c3COC(=O)N(C)CCC3CC3)nc2C)C1.S.S. The smallest absolute Gasteiger partial charge is 0.409 e. The second kappa shape index (κ2) is 14.7. The highest BCUT2D eigenvalue weighted by Crippen LogP contribution is 2.33. The van der Waals surface area contributed by atoms with Gasteiger partial charge in [0.1, 0.15) is 18.1 Å². The quantitative estimate of drug-likeness (QED) is 0.349. The Labute approximate surface area is 238 Å². The molecule has 0 radical (unpaired) electrons. The molecule has 1 amide bonds. The van der Waals surface area contributed by atoms with Crippen LogP contribution in [-0.2, 0) is 20.9 Å². The van der Waals surface area contributed by atoms with Gasteiger partial charge in [0, 0.05) is 13.6 Å². The molecule has 2 aromatic heterocycles. The molecule has 11 heteroatoms. The summed E-state index contributed by atoms with van der Waals surface area (Å²) in [4.78, 5) is 30.9. The highest BCUT2D eigenvalue weighted by atomic mass is 32.1. The summed E-state index contributed by atoms with van der Waals surface area (Å²) in [5.74, 6) is 1.65. The van der Waals surface area contributed by atoms with Crippen LogP contribution < -0.4 is 4.74 Å². The molecule has 2 fully saturated rings. The van der Waals surface area contributed by atoms with Gasteiger partial charge in [-0.2, -0.15) is 27.0 Å². The van der Waals surface area contributed by atoms with E-state index in [0.717, 1.165) is 31.6 Å². The highest BCUT2D eigenvalue weighted by molar-refractivity contribution is 7.59. The van der Waals surface area contributed by atoms with Gasteiger partial charge in [0.2, 0.25) is 0 Å². The Morgan fingerprint density at radius 1 is 1.08 bits per heavy atom. The monoisotopic (exact) mass is 567 g/mol. The van der Waals surface area contributed by atoms with Gasteiger partial charge in [-0.15, -0.1) is 0 Å². The summed E-state index contributed by atoms with van der Waals surface area (Å²) in [7, 11) is 1.76. The molecule has 9 nitrogen and oxygen atoms in total. The van der Waals surface area contributed by atoms with Gasteiger partial charge in [-0.25, -0.2) is 9.78 Å². The summed E-state index contributed by atoms with van der Waals surface area (Å²) in [6.45, 7) is 6.68. The molecule has 0 aromatic carbocycles. The van der Waals surface area contributed by atoms with Crippen LogP contribution in [0.3, 0.4) is 0 Å². The second-order valence-corrected chi connectivity index (χ2v) is 9.92. The first-order chi connectivity index (χ1) is 17.4. The summed E-state index contributed by atoms with van der Waals surface area (Å²) in [5.41, 5.74) is 2.67. The van der Waals surface area contributed by atoms with E-state index in [-0.39, 0.29) is 57.7 Å². The first-order valence-electron chi connectivity index (χ1n) is 13.0. The minimum absolute atomic E-state index is 0. The second-order valence-electron chi connectivity index (χ2n) is 9.92. The first-order valence-corrected chi connectivity index (χ1v) is 13.0. The number of ether oxygens (including phenoxy) is 3. The Hall–Kier alpha value is -2.40. The summed E-state index contributed by atoms with van der Waals surface area (Å²) in [6.07, 6.45) is 6.42. The Morgan fingerprint density at radius 2 is 1.84 bits per heavy atom. The van der Waals surface area contributed by atoms with Crippen molar-refractivity contribution in [2.45, 2.75) is 78.4 Å². The van der Waals surface area contributed by atoms with E-state index in [4.69, 9.17) is 18.7 Å². The number of nitrogens with zero attached hydrogens (tertiary/aromatic N) is 3. The van der Waals surface area contributed by atoms with E-state index in [1.807, 2.05) is 32.9 Å². The van der Waals surface area contributed by atoms with Crippen molar-refractivity contribution < 1.29 is 28.3 Å². The van der Waals surface area contributed by atoms with E-state index in [2.05, 4.69) is 10.1 Å². The normalized spacial score (nSPS) is 18.5. The number of aryl methyl sites for hydroxylation is 2. The molecule has 0 bridgehead atoms. The predicted octanol–water partition coefficient (Wildman–Crippen LogP) is 5.45. The third-order valence-corrected chi connectivity index (χ3v) is 7.02. The molecule has 0 aliphatic heterocycles. The topological polar surface area (TPSA) is 104 Å². The van der Waals surface area contributed by atoms with Gasteiger partial charge in [0.25, 0.3) is 0 Å². The molecule has 2 aliphatic rings. The Morgan fingerprint density at radius 3 is 2.53 bits per heavy atom. The maximum Gasteiger partial charge on any atom is 0.409 e. The number of esters is 1. The number of rotatable bonds is 10. The van der Waals surface area contributed by atoms with Crippen LogP contribution in [-0.4, -0.2) is 53.4 Å². The first kappa shape index (κ1) is 31.8. The van der Waals surface area contributed by atoms with Crippen LogP contribution in [0.4, 0.5) is 4.79 Å². The largest absolute Gasteiger partial charge is 0.489 e. The van der Waals surface area contributed by atoms with Gasteiger partial charge in [0.05, 0.1) is 35.6 Å². The lowest BCUT2D eigenvalue weighted by atomic mass is 9.87. The van der Waals surface area contributed by atoms with Gasteiger partial charge >= 0.3 is 12.1 Å². The van der Waals surface area contributed by atoms with Crippen LogP contribution in [0.15, 0.2) is 16.7 Å². The minimum atomic E-state index is -0.358. The van der Waals surface area contributed by atoms with E-state index in [9.17, 15) is 9.59 Å². The molecule has 2 aromatic rings. The van der Waals surface area contributed by atoms with Crippen molar-refractivity contribution >= 4 is 39.1 Å². The third kappa shape index (κ3) is 8.30. The van der Waals surface area contributed by atoms with E-state index in [1.54, 1.807) is 11.9 Å². The van der Waals surface area contributed by atoms with E-state index in [0.29, 0.717) is 53.7 Å². The molecular formula is C27H41N3O6S2. The average molecular weight is 568 g/mol. The van der Waals surface area contributed by atoms with Crippen LogP contribution in [0.25, 0.3) is 11.5 Å². The molecule has 2 atom stereocenters. The summed E-state index contributed by atoms with van der Waals surface area (Å²) >= 11 is 0. The number of carbonyl (C=O) groups is 2. The summed E-state index contributed by atoms with van der Waals surface area (Å²) in [6, 6.07) is 3.69. The lowest BCUT2D eigenvalue weighted by molar-refractivity contribution is -0.150. The van der Waals surface area contributed by atoms with Gasteiger partial charge < -0.3 is 23.6 Å². The predicted molar refractivity (Wildman–Crippen MR) is 153 cm³/mol. The van der Waals surface area contributed by atoms with Crippen molar-refractivity contribution in [2.24, 2.45) is 11.8 Å². The fourth-order valence-corrected chi connectivity index (χ4v) is 4.58. The van der Waals surface area contributed by atoms with Crippen molar-refractivity contribution in [1.82, 2.24) is 15.0 Å². The lowest BCUT2D eigenvalue weighted by Crippen LogP contribution is -2.31. The maximum atomic E-state index is 12.4. The van der Waals surface area contributed by atoms with Gasteiger partial charge in [-0.05, 0) is 70.9 Å². The zero-order valence-electron chi connectivity index (χ0n) is 22.7. The van der Waals surface area contributed by atoms with Gasteiger partial charge in [0.15, 0.2) is 5.76 Å². The van der Waals surface area contributed by atoms with Crippen LogP contribution in [0.1, 0.15) is 68.8 Å². The number of aromatic nitrogens is 2. The number of amides is 1. The third-order valence-electron chi connectivity index (χ3n) is 7.02. The Balaban J connectivity index is 0.00000253. The lowest BCUT2D eigenvalue weighted by Gasteiger charge is -2.28. The summed E-state index contributed by atoms with van der Waals surface area (Å²) < 4.78 is 22.5. The number of pyridine rings is 1. The molecule has 2 heterocycles. The van der Waals surface area contributed by atoms with Crippen molar-refractivity contribution in [1.29, 1.82) is 0 Å². The molecule has 0 unspecified atom stereocenters. The van der Waals surface area contributed by atoms with Crippen molar-refractivity contribution in [2.75, 3.05) is 20.2 Å². The summed E-state index contributed by atoms with van der Waals surface area (Å²) in [5, 5.41) is 4.07. The minimum Gasteiger partial charge on any atom is -0.489 e. The standard InChI is InChI=1S/C27H37N3O6.2H2S/c1-5-33-26(31)20-7-6-8-21(15-20)35-24-12-11-23(28-18(24)3)25-22(17(2)29-36-25)16-34-27(32)30(4)14-13-19-9-10-19;;/h11-12,19-21H,5-10,13-16H2,1-4H3;2*1H2/t20-,21-;;/m0../s1. The Kier molecular flexibility index (Phi) is 12.3. The van der Waals surface area contributed by atoms with E-state index >= 15 is 0 Å². The van der Waals surface area contributed by atoms with E-state index in [1.165, 1.54) is 12.8 Å². The molecule has 0 spiro atoms. The molecule has 0 N–H and O–H groups in total. The molecular weight excluding hydrogens is 526 g/mol. The fraction of sp³-hybridized carbons (Fsp3) is 0.630. The van der Waals surface area contributed by atoms with Gasteiger partial charge in [-0.1, -0.05) is 18.0 Å². The zero-order chi connectivity index (χ0) is 25.7. The molecule has 4 rings (SSSR count). The fourth-order valence-electron chi connectivity index (χ4n) is 4.58. The molecule has 0 saturated heterocycles. The van der Waals surface area contributed by atoms with Gasteiger partial charge in [-0.3, -0.25) is 4.79 Å². The van der Waals surface area contributed by atoms with Crippen LogP contribution in [0.2, 0.25) is 0 Å². The maximum absolute atomic E-state index is 12.4. The van der Waals surface area contributed by atoms with Crippen molar-refractivity contribution in [3.63, 3.8) is 0 Å². The number of hydrogen-bond donors (Lipinski definition) is 0. The molecule has 2 saturated carbocycles. The average Bonchev–Trinajstić information content (AvgIpc) is 3.63. The Bertz CT molecular complexity index is 1080. The highest BCUT2D eigenvalue weighted by Gasteiger charge is 2.30. The van der Waals surface area contributed by atoms with Crippen LogP contribution >= 0.6 is 27.0 Å². The number of hydrogen-bond acceptors (Lipinski definition) is 8. The van der Waals surface area contributed by atoms with E-state index < -0.39 is 0 Å². The van der Waals surface area contributed by atoms with Crippen LogP contribution in [0, 0.1) is 25.7 Å². The molecule has 212 valence electrons. The van der Waals surface area contributed by atoms with Crippen molar-refractivity contribution in [3.05, 3.63) is 29.1 Å². The van der Waals surface area contributed by atoms with Crippen LogP contribution in [0.5, 0.6) is 5.75 Å².